The number of carbonyl (C=O) groups excluding carboxylic acids is 1. The molecule has 0 saturated heterocycles. The number of hydrogen-bond acceptors (Lipinski definition) is 2. The second-order valence-electron chi connectivity index (χ2n) is 9.47. The van der Waals surface area contributed by atoms with Crippen LogP contribution < -0.4 is 10.9 Å². The number of aryl methyl sites for hydroxylation is 3. The molecule has 0 aliphatic carbocycles. The summed E-state index contributed by atoms with van der Waals surface area (Å²) in [5.74, 6) is -0.534. The number of benzene rings is 1. The number of hydrogen-bond donors (Lipinski definition) is 2. The highest BCUT2D eigenvalue weighted by Gasteiger charge is 2.84. The predicted molar refractivity (Wildman–Crippen MR) is 127 cm³/mol. The van der Waals surface area contributed by atoms with Gasteiger partial charge in [0, 0.05) is 36.2 Å². The SMILES string of the molecule is Cc1cc(C)c(CNC(=O)c2c(C)cn(Cc3ccc(C(C(F)(F)F)(C(F)(F)F)C(F)(F)F)cc3)c2C)c(=O)[nH]1. The molecule has 3 aromatic rings. The average Bonchev–Trinajstić information content (AvgIpc) is 3.04. The molecule has 14 heteroatoms. The Morgan fingerprint density at radius 1 is 0.850 bits per heavy atom. The smallest absolute Gasteiger partial charge is 0.348 e. The normalized spacial score (nSPS) is 13.0. The lowest BCUT2D eigenvalue weighted by molar-refractivity contribution is -0.387. The molecule has 5 nitrogen and oxygen atoms in total. The van der Waals surface area contributed by atoms with E-state index in [1.54, 1.807) is 33.8 Å². The third-order valence-corrected chi connectivity index (χ3v) is 6.70. The maximum absolute atomic E-state index is 13.4. The number of nitrogens with zero attached hydrogens (tertiary/aromatic N) is 1. The predicted octanol–water partition coefficient (Wildman–Crippen LogP) is 6.31. The monoisotopic (exact) mass is 581 g/mol. The molecule has 0 unspecified atom stereocenters. The molecule has 0 aliphatic heterocycles. The lowest BCUT2D eigenvalue weighted by Gasteiger charge is -2.38. The summed E-state index contributed by atoms with van der Waals surface area (Å²) in [5, 5.41) is 2.65. The molecular formula is C26H24F9N3O2. The van der Waals surface area contributed by atoms with E-state index in [0.717, 1.165) is 12.1 Å². The molecule has 218 valence electrons. The molecular weight excluding hydrogens is 557 g/mol. The molecule has 1 aromatic carbocycles. The van der Waals surface area contributed by atoms with Gasteiger partial charge in [0.05, 0.1) is 5.56 Å². The van der Waals surface area contributed by atoms with Crippen molar-refractivity contribution in [1.82, 2.24) is 14.9 Å². The Morgan fingerprint density at radius 2 is 1.38 bits per heavy atom. The van der Waals surface area contributed by atoms with E-state index < -0.39 is 35.4 Å². The molecule has 0 atom stereocenters. The molecule has 0 fully saturated rings. The van der Waals surface area contributed by atoms with Crippen molar-refractivity contribution in [2.75, 3.05) is 0 Å². The van der Waals surface area contributed by atoms with Crippen molar-refractivity contribution in [1.29, 1.82) is 0 Å². The highest BCUT2D eigenvalue weighted by molar-refractivity contribution is 5.96. The van der Waals surface area contributed by atoms with E-state index in [9.17, 15) is 49.1 Å². The van der Waals surface area contributed by atoms with Gasteiger partial charge in [-0.25, -0.2) is 0 Å². The van der Waals surface area contributed by atoms with Gasteiger partial charge in [0.15, 0.2) is 0 Å². The second-order valence-corrected chi connectivity index (χ2v) is 9.47. The van der Waals surface area contributed by atoms with Gasteiger partial charge in [-0.05, 0) is 56.0 Å². The molecule has 2 N–H and O–H groups in total. The zero-order chi connectivity index (χ0) is 30.4. The van der Waals surface area contributed by atoms with Gasteiger partial charge in [0.1, 0.15) is 0 Å². The number of carbonyl (C=O) groups is 1. The quantitative estimate of drug-likeness (QED) is 0.335. The number of amides is 1. The zero-order valence-corrected chi connectivity index (χ0v) is 21.5. The fourth-order valence-electron chi connectivity index (χ4n) is 4.72. The van der Waals surface area contributed by atoms with Crippen LogP contribution in [0.4, 0.5) is 39.5 Å². The van der Waals surface area contributed by atoms with Crippen LogP contribution in [-0.4, -0.2) is 34.0 Å². The molecule has 0 saturated carbocycles. The van der Waals surface area contributed by atoms with E-state index in [4.69, 9.17) is 0 Å². The van der Waals surface area contributed by atoms with Crippen LogP contribution in [0.5, 0.6) is 0 Å². The number of aromatic nitrogens is 2. The molecule has 0 bridgehead atoms. The Balaban J connectivity index is 1.89. The van der Waals surface area contributed by atoms with Gasteiger partial charge >= 0.3 is 18.5 Å². The van der Waals surface area contributed by atoms with E-state index >= 15 is 0 Å². The van der Waals surface area contributed by atoms with Crippen molar-refractivity contribution >= 4 is 5.91 Å². The van der Waals surface area contributed by atoms with Gasteiger partial charge in [-0.3, -0.25) is 9.59 Å². The van der Waals surface area contributed by atoms with Crippen molar-refractivity contribution < 1.29 is 44.3 Å². The number of pyridine rings is 1. The maximum Gasteiger partial charge on any atom is 0.416 e. The van der Waals surface area contributed by atoms with Crippen molar-refractivity contribution in [3.63, 3.8) is 0 Å². The Bertz CT molecular complexity index is 1430. The van der Waals surface area contributed by atoms with Crippen LogP contribution in [0.3, 0.4) is 0 Å². The van der Waals surface area contributed by atoms with E-state index in [1.165, 1.54) is 10.8 Å². The van der Waals surface area contributed by atoms with Crippen LogP contribution in [0.1, 0.15) is 49.6 Å². The van der Waals surface area contributed by atoms with Gasteiger partial charge in [-0.2, -0.15) is 39.5 Å². The highest BCUT2D eigenvalue weighted by atomic mass is 19.4. The topological polar surface area (TPSA) is 66.9 Å². The number of halogens is 9. The molecule has 2 heterocycles. The first kappa shape index (κ1) is 30.8. The lowest BCUT2D eigenvalue weighted by atomic mass is 9.77. The third-order valence-electron chi connectivity index (χ3n) is 6.70. The Morgan fingerprint density at radius 3 is 1.85 bits per heavy atom. The van der Waals surface area contributed by atoms with Gasteiger partial charge in [0.2, 0.25) is 0 Å². The second kappa shape index (κ2) is 10.4. The fraction of sp³-hybridized carbons (Fsp3) is 0.385. The van der Waals surface area contributed by atoms with E-state index in [-0.39, 0.29) is 41.9 Å². The maximum atomic E-state index is 13.4. The molecule has 3 rings (SSSR count). The Labute approximate surface area is 222 Å². The number of rotatable bonds is 6. The van der Waals surface area contributed by atoms with Gasteiger partial charge < -0.3 is 14.9 Å². The van der Waals surface area contributed by atoms with Crippen molar-refractivity contribution in [3.05, 3.63) is 91.7 Å². The van der Waals surface area contributed by atoms with Crippen molar-refractivity contribution in [2.45, 2.75) is 64.7 Å². The van der Waals surface area contributed by atoms with Gasteiger partial charge in [0.25, 0.3) is 16.9 Å². The minimum Gasteiger partial charge on any atom is -0.348 e. The lowest BCUT2D eigenvalue weighted by Crippen LogP contribution is -2.63. The molecule has 1 amide bonds. The van der Waals surface area contributed by atoms with Crippen molar-refractivity contribution in [3.8, 4) is 0 Å². The first-order valence-corrected chi connectivity index (χ1v) is 11.7. The largest absolute Gasteiger partial charge is 0.416 e. The third kappa shape index (κ3) is 5.35. The Kier molecular flexibility index (Phi) is 7.98. The molecule has 2 aromatic heterocycles. The first-order valence-electron chi connectivity index (χ1n) is 11.7. The van der Waals surface area contributed by atoms with Gasteiger partial charge in [-0.15, -0.1) is 0 Å². The summed E-state index contributed by atoms with van der Waals surface area (Å²) in [6.07, 6.45) is -18.6. The number of H-pyrrole nitrogens is 1. The summed E-state index contributed by atoms with van der Waals surface area (Å²) in [7, 11) is 0. The van der Waals surface area contributed by atoms with Crippen LogP contribution in [-0.2, 0) is 18.5 Å². The van der Waals surface area contributed by atoms with E-state index in [0.29, 0.717) is 28.1 Å². The summed E-state index contributed by atoms with van der Waals surface area (Å²) in [4.78, 5) is 27.7. The van der Waals surface area contributed by atoms with E-state index in [2.05, 4.69) is 10.3 Å². The molecule has 40 heavy (non-hydrogen) atoms. The van der Waals surface area contributed by atoms with Crippen molar-refractivity contribution in [2.24, 2.45) is 0 Å². The average molecular weight is 581 g/mol. The summed E-state index contributed by atoms with van der Waals surface area (Å²) >= 11 is 0. The summed E-state index contributed by atoms with van der Waals surface area (Å²) < 4.78 is 122. The van der Waals surface area contributed by atoms with Crippen LogP contribution >= 0.6 is 0 Å². The zero-order valence-electron chi connectivity index (χ0n) is 21.5. The van der Waals surface area contributed by atoms with Crippen LogP contribution in [0.25, 0.3) is 0 Å². The molecule has 0 spiro atoms. The minimum atomic E-state index is -6.70. The van der Waals surface area contributed by atoms with Crippen LogP contribution in [0, 0.1) is 27.7 Å². The molecule has 0 aliphatic rings. The van der Waals surface area contributed by atoms with Gasteiger partial charge in [-0.1, -0.05) is 24.3 Å². The summed E-state index contributed by atoms with van der Waals surface area (Å²) in [6.45, 7) is 6.32. The summed E-state index contributed by atoms with van der Waals surface area (Å²) in [6, 6.07) is 3.54. The van der Waals surface area contributed by atoms with E-state index in [1.807, 2.05) is 0 Å². The minimum absolute atomic E-state index is 0.0782. The molecule has 0 radical (unpaired) electrons. The standard InChI is InChI=1S/C26H24F9N3O2/c1-13-9-15(3)37-21(39)19(13)10-36-22(40)20-14(2)11-38(16(20)4)12-17-5-7-18(8-6-17)23(24(27,28)29,25(30,31)32)26(33,34)35/h5-9,11H,10,12H2,1-4H3,(H,36,40)(H,37,39). The Hall–Kier alpha value is -3.71. The number of aromatic amines is 1. The first-order chi connectivity index (χ1) is 18.2. The fourth-order valence-corrected chi connectivity index (χ4v) is 4.72. The number of nitrogens with one attached hydrogen (secondary N) is 2. The number of alkyl halides is 9. The highest BCUT2D eigenvalue weighted by Crippen LogP contribution is 2.60. The van der Waals surface area contributed by atoms with Crippen LogP contribution in [0.2, 0.25) is 0 Å². The summed E-state index contributed by atoms with van der Waals surface area (Å²) in [5.41, 5.74) is -5.59. The van der Waals surface area contributed by atoms with Crippen LogP contribution in [0.15, 0.2) is 41.3 Å².